The van der Waals surface area contributed by atoms with Gasteiger partial charge in [0, 0.05) is 13.2 Å². The highest BCUT2D eigenvalue weighted by Crippen LogP contribution is 2.25. The third kappa shape index (κ3) is 3.29. The summed E-state index contributed by atoms with van der Waals surface area (Å²) in [4.78, 5) is 4.53. The van der Waals surface area contributed by atoms with Gasteiger partial charge < -0.3 is 14.6 Å². The molecule has 0 bridgehead atoms. The van der Waals surface area contributed by atoms with E-state index >= 15 is 0 Å². The number of nitrogens with zero attached hydrogens (tertiary/aromatic N) is 2. The van der Waals surface area contributed by atoms with E-state index in [9.17, 15) is 0 Å². The molecule has 18 heavy (non-hydrogen) atoms. The molecule has 1 aromatic heterocycles. The molecule has 0 aromatic carbocycles. The first kappa shape index (κ1) is 13.5. The van der Waals surface area contributed by atoms with Gasteiger partial charge in [0.15, 0.2) is 0 Å². The lowest BCUT2D eigenvalue weighted by Crippen LogP contribution is -2.28. The van der Waals surface area contributed by atoms with E-state index in [0.717, 1.165) is 38.2 Å². The average molecular weight is 253 g/mol. The van der Waals surface area contributed by atoms with Crippen molar-refractivity contribution in [2.45, 2.75) is 51.6 Å². The van der Waals surface area contributed by atoms with Crippen LogP contribution in [0.1, 0.15) is 63.3 Å². The minimum absolute atomic E-state index is 0.0194. The standard InChI is InChI=1S/C13H23N3O2/c1-3-6-11(17-4-2)12-15-13(18-16-12)10-7-5-8-14-9-10/h10-11,14H,3-9H2,1-2H3/t10-,11?/m0/s1. The molecular formula is C13H23N3O2. The van der Waals surface area contributed by atoms with Crippen molar-refractivity contribution in [1.29, 1.82) is 0 Å². The van der Waals surface area contributed by atoms with Crippen molar-refractivity contribution < 1.29 is 9.26 Å². The SMILES string of the molecule is CCCC(OCC)c1noc([C@H]2CCCNC2)n1. The smallest absolute Gasteiger partial charge is 0.231 e. The Balaban J connectivity index is 2.02. The molecule has 5 heteroatoms. The highest BCUT2D eigenvalue weighted by atomic mass is 16.5. The van der Waals surface area contributed by atoms with Gasteiger partial charge in [-0.05, 0) is 32.7 Å². The fourth-order valence-corrected chi connectivity index (χ4v) is 2.36. The van der Waals surface area contributed by atoms with Crippen LogP contribution in [0.5, 0.6) is 0 Å². The Kier molecular flexibility index (Phi) is 5.13. The largest absolute Gasteiger partial charge is 0.370 e. The first-order valence-corrected chi connectivity index (χ1v) is 7.01. The lowest BCUT2D eigenvalue weighted by Gasteiger charge is -2.18. The molecule has 1 unspecified atom stereocenters. The van der Waals surface area contributed by atoms with Crippen LogP contribution in [0.25, 0.3) is 0 Å². The van der Waals surface area contributed by atoms with Crippen molar-refractivity contribution in [1.82, 2.24) is 15.5 Å². The first-order valence-electron chi connectivity index (χ1n) is 7.01. The van der Waals surface area contributed by atoms with Gasteiger partial charge >= 0.3 is 0 Å². The predicted octanol–water partition coefficient (Wildman–Crippen LogP) is 2.41. The topological polar surface area (TPSA) is 60.2 Å². The molecule has 1 aliphatic heterocycles. The normalized spacial score (nSPS) is 22.0. The van der Waals surface area contributed by atoms with Crippen LogP contribution in [0.4, 0.5) is 0 Å². The third-order valence-corrected chi connectivity index (χ3v) is 3.31. The fraction of sp³-hybridized carbons (Fsp3) is 0.846. The molecular weight excluding hydrogens is 230 g/mol. The molecule has 0 spiro atoms. The van der Waals surface area contributed by atoms with E-state index in [0.29, 0.717) is 18.3 Å². The quantitative estimate of drug-likeness (QED) is 0.843. The van der Waals surface area contributed by atoms with Crippen LogP contribution in [-0.2, 0) is 4.74 Å². The summed E-state index contributed by atoms with van der Waals surface area (Å²) in [6, 6.07) is 0. The van der Waals surface area contributed by atoms with E-state index in [1.165, 1.54) is 6.42 Å². The van der Waals surface area contributed by atoms with Crippen LogP contribution in [-0.4, -0.2) is 29.8 Å². The van der Waals surface area contributed by atoms with Crippen LogP contribution in [0.3, 0.4) is 0 Å². The van der Waals surface area contributed by atoms with Gasteiger partial charge in [0.1, 0.15) is 6.10 Å². The highest BCUT2D eigenvalue weighted by Gasteiger charge is 2.24. The zero-order valence-corrected chi connectivity index (χ0v) is 11.3. The van der Waals surface area contributed by atoms with Crippen molar-refractivity contribution in [2.24, 2.45) is 0 Å². The molecule has 2 heterocycles. The monoisotopic (exact) mass is 253 g/mol. The summed E-state index contributed by atoms with van der Waals surface area (Å²) in [6.07, 6.45) is 4.28. The van der Waals surface area contributed by atoms with Gasteiger partial charge in [-0.2, -0.15) is 4.98 Å². The van der Waals surface area contributed by atoms with Crippen molar-refractivity contribution in [2.75, 3.05) is 19.7 Å². The van der Waals surface area contributed by atoms with E-state index in [4.69, 9.17) is 9.26 Å². The molecule has 1 fully saturated rings. The van der Waals surface area contributed by atoms with E-state index in [2.05, 4.69) is 22.4 Å². The second-order valence-electron chi connectivity index (χ2n) is 4.77. The highest BCUT2D eigenvalue weighted by molar-refractivity contribution is 4.98. The summed E-state index contributed by atoms with van der Waals surface area (Å²) in [5.74, 6) is 1.83. The van der Waals surface area contributed by atoms with Gasteiger partial charge in [-0.25, -0.2) is 0 Å². The molecule has 0 amide bonds. The second kappa shape index (κ2) is 6.85. The Labute approximate surface area is 108 Å². The number of piperidine rings is 1. The van der Waals surface area contributed by atoms with Gasteiger partial charge in [0.2, 0.25) is 11.7 Å². The van der Waals surface area contributed by atoms with Crippen molar-refractivity contribution in [3.05, 3.63) is 11.7 Å². The maximum atomic E-state index is 5.67. The predicted molar refractivity (Wildman–Crippen MR) is 68.4 cm³/mol. The molecule has 2 rings (SSSR count). The van der Waals surface area contributed by atoms with Crippen LogP contribution in [0.2, 0.25) is 0 Å². The van der Waals surface area contributed by atoms with Gasteiger partial charge in [-0.15, -0.1) is 0 Å². The Morgan fingerprint density at radius 1 is 1.50 bits per heavy atom. The van der Waals surface area contributed by atoms with Crippen molar-refractivity contribution in [3.8, 4) is 0 Å². The van der Waals surface area contributed by atoms with E-state index in [1.807, 2.05) is 6.92 Å². The summed E-state index contributed by atoms with van der Waals surface area (Å²) in [6.45, 7) is 6.84. The number of rotatable bonds is 6. The molecule has 1 N–H and O–H groups in total. The number of aromatic nitrogens is 2. The maximum absolute atomic E-state index is 5.67. The lowest BCUT2D eigenvalue weighted by atomic mass is 10.00. The van der Waals surface area contributed by atoms with Crippen LogP contribution in [0.15, 0.2) is 4.52 Å². The molecule has 0 radical (unpaired) electrons. The molecule has 5 nitrogen and oxygen atoms in total. The van der Waals surface area contributed by atoms with Crippen LogP contribution >= 0.6 is 0 Å². The molecule has 1 aromatic rings. The first-order chi connectivity index (χ1) is 8.85. The number of hydrogen-bond acceptors (Lipinski definition) is 5. The Morgan fingerprint density at radius 2 is 2.39 bits per heavy atom. The summed E-state index contributed by atoms with van der Waals surface area (Å²) in [7, 11) is 0. The van der Waals surface area contributed by atoms with Crippen molar-refractivity contribution in [3.63, 3.8) is 0 Å². The van der Waals surface area contributed by atoms with Crippen LogP contribution < -0.4 is 5.32 Å². The number of ether oxygens (including phenoxy) is 1. The molecule has 2 atom stereocenters. The summed E-state index contributed by atoms with van der Waals surface area (Å²) >= 11 is 0. The van der Waals surface area contributed by atoms with Crippen molar-refractivity contribution >= 4 is 0 Å². The lowest BCUT2D eigenvalue weighted by molar-refractivity contribution is 0.0477. The molecule has 102 valence electrons. The van der Waals surface area contributed by atoms with Gasteiger partial charge in [-0.1, -0.05) is 18.5 Å². The van der Waals surface area contributed by atoms with Crippen LogP contribution in [0, 0.1) is 0 Å². The Hall–Kier alpha value is -0.940. The molecule has 0 aliphatic carbocycles. The average Bonchev–Trinajstić information content (AvgIpc) is 2.89. The van der Waals surface area contributed by atoms with Gasteiger partial charge in [0.25, 0.3) is 0 Å². The molecule has 1 aliphatic rings. The summed E-state index contributed by atoms with van der Waals surface area (Å²) in [5, 5.41) is 7.45. The van der Waals surface area contributed by atoms with E-state index in [-0.39, 0.29) is 6.10 Å². The second-order valence-corrected chi connectivity index (χ2v) is 4.77. The Bertz CT molecular complexity index is 342. The number of hydrogen-bond donors (Lipinski definition) is 1. The Morgan fingerprint density at radius 3 is 3.06 bits per heavy atom. The summed E-state index contributed by atoms with van der Waals surface area (Å²) in [5.41, 5.74) is 0. The fourth-order valence-electron chi connectivity index (χ4n) is 2.36. The molecule has 1 saturated heterocycles. The summed E-state index contributed by atoms with van der Waals surface area (Å²) < 4.78 is 11.1. The minimum atomic E-state index is -0.0194. The number of nitrogens with one attached hydrogen (secondary N) is 1. The van der Waals surface area contributed by atoms with Gasteiger partial charge in [-0.3, -0.25) is 0 Å². The maximum Gasteiger partial charge on any atom is 0.231 e. The van der Waals surface area contributed by atoms with Gasteiger partial charge in [0.05, 0.1) is 5.92 Å². The van der Waals surface area contributed by atoms with E-state index in [1.54, 1.807) is 0 Å². The minimum Gasteiger partial charge on any atom is -0.370 e. The third-order valence-electron chi connectivity index (χ3n) is 3.31. The van der Waals surface area contributed by atoms with E-state index < -0.39 is 0 Å². The molecule has 0 saturated carbocycles. The zero-order valence-electron chi connectivity index (χ0n) is 11.3. The zero-order chi connectivity index (χ0) is 12.8.